The summed E-state index contributed by atoms with van der Waals surface area (Å²) in [7, 11) is 0. The predicted molar refractivity (Wildman–Crippen MR) is 200 cm³/mol. The molecule has 0 amide bonds. The van der Waals surface area contributed by atoms with Gasteiger partial charge in [0.05, 0.1) is 18.9 Å². The van der Waals surface area contributed by atoms with Gasteiger partial charge < -0.3 is 23.7 Å². The van der Waals surface area contributed by atoms with Crippen molar-refractivity contribution < 1.29 is 47.7 Å². The van der Waals surface area contributed by atoms with Crippen LogP contribution < -0.4 is 0 Å². The van der Waals surface area contributed by atoms with Crippen LogP contribution in [0.3, 0.4) is 0 Å². The summed E-state index contributed by atoms with van der Waals surface area (Å²) in [5, 5.41) is 0. The molecule has 4 aliphatic carbocycles. The summed E-state index contributed by atoms with van der Waals surface area (Å²) in [5.74, 6) is 1.53. The molecule has 4 rings (SSSR count). The largest absolute Gasteiger partial charge is 0.461 e. The van der Waals surface area contributed by atoms with Crippen molar-refractivity contribution in [1.82, 2.24) is 0 Å². The van der Waals surface area contributed by atoms with Crippen molar-refractivity contribution in [3.63, 3.8) is 0 Å². The minimum absolute atomic E-state index is 0.0576. The Morgan fingerprint density at radius 1 is 0.679 bits per heavy atom. The molecule has 0 bridgehead atoms. The van der Waals surface area contributed by atoms with Crippen LogP contribution in [0.4, 0.5) is 0 Å². The van der Waals surface area contributed by atoms with Crippen LogP contribution in [0.25, 0.3) is 0 Å². The molecule has 53 heavy (non-hydrogen) atoms. The molecule has 4 saturated carbocycles. The molecule has 298 valence electrons. The van der Waals surface area contributed by atoms with Gasteiger partial charge >= 0.3 is 23.9 Å². The van der Waals surface area contributed by atoms with Crippen molar-refractivity contribution in [2.24, 2.45) is 40.4 Å². The number of carbonyl (C=O) groups excluding carboxylic acids is 5. The number of fused-ring (bicyclic) bond motifs is 5. The van der Waals surface area contributed by atoms with Gasteiger partial charge in [0.15, 0.2) is 12.9 Å². The molecule has 10 heteroatoms. The first kappa shape index (κ1) is 42.7. The lowest BCUT2D eigenvalue weighted by Crippen LogP contribution is -2.54. The van der Waals surface area contributed by atoms with Crippen LogP contribution in [-0.4, -0.2) is 61.9 Å². The Labute approximate surface area is 317 Å². The number of hydrogen-bond donors (Lipinski definition) is 0. The van der Waals surface area contributed by atoms with Gasteiger partial charge in [-0.25, -0.2) is 0 Å². The molecule has 0 aliphatic heterocycles. The van der Waals surface area contributed by atoms with E-state index in [9.17, 15) is 24.0 Å². The van der Waals surface area contributed by atoms with Gasteiger partial charge in [-0.15, -0.1) is 0 Å². The van der Waals surface area contributed by atoms with E-state index in [0.717, 1.165) is 50.4 Å². The molecule has 0 N–H and O–H groups in total. The summed E-state index contributed by atoms with van der Waals surface area (Å²) >= 11 is 0. The normalized spacial score (nSPS) is 30.8. The third kappa shape index (κ3) is 11.7. The summed E-state index contributed by atoms with van der Waals surface area (Å²) in [6, 6.07) is 0. The average Bonchev–Trinajstić information content (AvgIpc) is 3.49. The van der Waals surface area contributed by atoms with E-state index in [4.69, 9.17) is 23.7 Å². The maximum Gasteiger partial charge on any atom is 0.309 e. The number of rotatable bonds is 20. The number of ether oxygens (including phenoxy) is 5. The molecule has 0 radical (unpaired) electrons. The fraction of sp³-hybridized carbons (Fsp3) is 0.791. The molecule has 0 aromatic rings. The van der Waals surface area contributed by atoms with Gasteiger partial charge in [0.25, 0.3) is 0 Å². The van der Waals surface area contributed by atoms with E-state index in [1.807, 2.05) is 26.0 Å². The molecule has 0 heterocycles. The van der Waals surface area contributed by atoms with Crippen molar-refractivity contribution in [3.05, 3.63) is 24.3 Å². The van der Waals surface area contributed by atoms with E-state index in [1.165, 1.54) is 32.1 Å². The molecule has 0 aromatic carbocycles. The van der Waals surface area contributed by atoms with E-state index in [0.29, 0.717) is 35.9 Å². The number of unbranched alkanes of at least 4 members (excludes halogenated alkanes) is 1. The first-order chi connectivity index (χ1) is 25.4. The maximum absolute atomic E-state index is 12.6. The second kappa shape index (κ2) is 20.6. The van der Waals surface area contributed by atoms with Crippen molar-refractivity contribution in [1.29, 1.82) is 0 Å². The zero-order valence-electron chi connectivity index (χ0n) is 33.1. The van der Waals surface area contributed by atoms with Crippen molar-refractivity contribution in [2.45, 2.75) is 156 Å². The van der Waals surface area contributed by atoms with Crippen LogP contribution in [0.1, 0.15) is 144 Å². The number of hydrogen-bond acceptors (Lipinski definition) is 10. The highest BCUT2D eigenvalue weighted by molar-refractivity contribution is 5.79. The Bertz CT molecular complexity index is 1270. The minimum atomic E-state index is -0.929. The summed E-state index contributed by atoms with van der Waals surface area (Å²) in [6.07, 6.45) is 19.4. The monoisotopic (exact) mass is 742 g/mol. The Balaban J connectivity index is 1.12. The van der Waals surface area contributed by atoms with E-state index >= 15 is 0 Å². The Morgan fingerprint density at radius 3 is 1.91 bits per heavy atom. The molecule has 0 saturated heterocycles. The number of allylic oxidation sites excluding steroid dienone is 2. The molecular weight excluding hydrogens is 676 g/mol. The van der Waals surface area contributed by atoms with E-state index in [1.54, 1.807) is 19.1 Å². The molecule has 8 atom stereocenters. The smallest absolute Gasteiger partial charge is 0.309 e. The lowest BCUT2D eigenvalue weighted by atomic mass is 9.44. The lowest BCUT2D eigenvalue weighted by Gasteiger charge is -2.61. The first-order valence-corrected chi connectivity index (χ1v) is 20.5. The molecule has 10 nitrogen and oxygen atoms in total. The van der Waals surface area contributed by atoms with Gasteiger partial charge in [-0.1, -0.05) is 52.0 Å². The van der Waals surface area contributed by atoms with Crippen molar-refractivity contribution >= 4 is 29.7 Å². The minimum Gasteiger partial charge on any atom is -0.461 e. The average molecular weight is 743 g/mol. The third-order valence-electron chi connectivity index (χ3n) is 13.2. The van der Waals surface area contributed by atoms with Crippen LogP contribution in [0, 0.1) is 40.4 Å². The second-order valence-corrected chi connectivity index (χ2v) is 16.5. The van der Waals surface area contributed by atoms with Gasteiger partial charge in [0.1, 0.15) is 19.0 Å². The standard InChI is InChI=1S/C43H66O10/c1-6-8-10-14-38(45)49-27-33(28-50-39(46)15-11-9-7-2)53-41(48)17-13-12-16-40(47)52-29-51-32-22-24-42(4)31(26-32)18-19-34-36-21-20-35(30(3)44)43(36,5)25-23-37(34)42/h8-11,31-37H,6-7,12-29H2,1-5H3/b10-8-,11-9-/t31-,32+,34-,35+,36-,37-,42-,43+/m0/s1. The van der Waals surface area contributed by atoms with Crippen LogP contribution in [0.5, 0.6) is 0 Å². The predicted octanol–water partition coefficient (Wildman–Crippen LogP) is 8.39. The second-order valence-electron chi connectivity index (χ2n) is 16.5. The number of carbonyl (C=O) groups is 5. The quantitative estimate of drug-likeness (QED) is 0.0394. The fourth-order valence-electron chi connectivity index (χ4n) is 10.4. The van der Waals surface area contributed by atoms with Crippen LogP contribution in [0.15, 0.2) is 24.3 Å². The highest BCUT2D eigenvalue weighted by Crippen LogP contribution is 2.67. The maximum atomic E-state index is 12.6. The summed E-state index contributed by atoms with van der Waals surface area (Å²) in [5.41, 5.74) is 0.488. The van der Waals surface area contributed by atoms with E-state index < -0.39 is 24.0 Å². The van der Waals surface area contributed by atoms with Gasteiger partial charge in [-0.05, 0) is 125 Å². The first-order valence-electron chi connectivity index (χ1n) is 20.5. The fourth-order valence-corrected chi connectivity index (χ4v) is 10.4. The Morgan fingerprint density at radius 2 is 1.28 bits per heavy atom. The van der Waals surface area contributed by atoms with Crippen LogP contribution >= 0.6 is 0 Å². The Hall–Kier alpha value is -3.01. The zero-order valence-corrected chi connectivity index (χ0v) is 33.1. The summed E-state index contributed by atoms with van der Waals surface area (Å²) < 4.78 is 27.5. The zero-order chi connectivity index (χ0) is 38.4. The molecule has 0 spiro atoms. The summed E-state index contributed by atoms with van der Waals surface area (Å²) in [6.45, 7) is 10.1. The van der Waals surface area contributed by atoms with Gasteiger partial charge in [-0.2, -0.15) is 0 Å². The third-order valence-corrected chi connectivity index (χ3v) is 13.2. The number of esters is 4. The lowest BCUT2D eigenvalue weighted by molar-refractivity contribution is -0.174. The van der Waals surface area contributed by atoms with E-state index in [-0.39, 0.29) is 69.1 Å². The number of ketones is 1. The molecule has 4 aliphatic rings. The highest BCUT2D eigenvalue weighted by Gasteiger charge is 2.60. The van der Waals surface area contributed by atoms with Gasteiger partial charge in [-0.3, -0.25) is 24.0 Å². The molecule has 4 fully saturated rings. The summed E-state index contributed by atoms with van der Waals surface area (Å²) in [4.78, 5) is 61.6. The topological polar surface area (TPSA) is 132 Å². The highest BCUT2D eigenvalue weighted by atomic mass is 16.7. The SMILES string of the molecule is CC/C=C\CC(=O)OCC(COC(=O)C/C=C\CC)OC(=O)CCCCC(=O)OCO[C@@H]1CC[C@@]2(C)[C@@H](CC[C@@H]3[C@@H]2CC[C@]2(C)[C@@H](C(C)=O)CC[C@@H]32)C1. The molecular formula is C43H66O10. The number of Topliss-reactive ketones (excluding diaryl/α,β-unsaturated/α-hetero) is 1. The van der Waals surface area contributed by atoms with Crippen molar-refractivity contribution in [2.75, 3.05) is 20.0 Å². The van der Waals surface area contributed by atoms with E-state index in [2.05, 4.69) is 13.8 Å². The van der Waals surface area contributed by atoms with Crippen molar-refractivity contribution in [3.8, 4) is 0 Å². The van der Waals surface area contributed by atoms with Crippen LogP contribution in [-0.2, 0) is 47.7 Å². The van der Waals surface area contributed by atoms with Gasteiger partial charge in [0, 0.05) is 18.8 Å². The van der Waals surface area contributed by atoms with Gasteiger partial charge in [0.2, 0.25) is 0 Å². The molecule has 0 unspecified atom stereocenters. The van der Waals surface area contributed by atoms with Crippen LogP contribution in [0.2, 0.25) is 0 Å². The Kier molecular flexibility index (Phi) is 16.6. The molecule has 0 aromatic heterocycles.